The van der Waals surface area contributed by atoms with Gasteiger partial charge in [-0.25, -0.2) is 4.79 Å². The minimum Gasteiger partial charge on any atom is -0.481 e. The van der Waals surface area contributed by atoms with Gasteiger partial charge in [-0.1, -0.05) is 26.0 Å². The van der Waals surface area contributed by atoms with Gasteiger partial charge in [0.1, 0.15) is 6.04 Å². The molecular weight excluding hydrogens is 274 g/mol. The Balaban J connectivity index is 2.77. The van der Waals surface area contributed by atoms with Crippen molar-refractivity contribution in [3.05, 3.63) is 12.2 Å². The molecule has 0 aliphatic heterocycles. The first-order valence-corrected chi connectivity index (χ1v) is 7.12. The van der Waals surface area contributed by atoms with Gasteiger partial charge in [0.25, 0.3) is 0 Å². The lowest BCUT2D eigenvalue weighted by molar-refractivity contribution is -0.149. The number of esters is 1. The molecule has 6 nitrogen and oxygen atoms in total. The first-order chi connectivity index (χ1) is 9.86. The number of allylic oxidation sites excluding steroid dienone is 2. The van der Waals surface area contributed by atoms with Crippen molar-refractivity contribution in [2.45, 2.75) is 39.2 Å². The van der Waals surface area contributed by atoms with Gasteiger partial charge in [0, 0.05) is 0 Å². The van der Waals surface area contributed by atoms with Crippen LogP contribution in [0.5, 0.6) is 0 Å². The van der Waals surface area contributed by atoms with Crippen molar-refractivity contribution < 1.29 is 24.2 Å². The van der Waals surface area contributed by atoms with E-state index < -0.39 is 35.7 Å². The Kier molecular flexibility index (Phi) is 6.39. The van der Waals surface area contributed by atoms with Gasteiger partial charge in [-0.05, 0) is 25.2 Å². The molecule has 0 spiro atoms. The molecule has 0 saturated carbocycles. The van der Waals surface area contributed by atoms with Crippen LogP contribution in [0.4, 0.5) is 0 Å². The summed E-state index contributed by atoms with van der Waals surface area (Å²) in [6, 6.07) is -0.733. The summed E-state index contributed by atoms with van der Waals surface area (Å²) in [6.45, 7) is 3.87. The lowest BCUT2D eigenvalue weighted by Gasteiger charge is -2.26. The number of carbonyl (C=O) groups excluding carboxylic acids is 2. The molecule has 1 amide bonds. The van der Waals surface area contributed by atoms with Gasteiger partial charge in [0.15, 0.2) is 0 Å². The van der Waals surface area contributed by atoms with Crippen molar-refractivity contribution in [2.75, 3.05) is 7.11 Å². The molecule has 3 unspecified atom stereocenters. The third kappa shape index (κ3) is 4.88. The Morgan fingerprint density at radius 3 is 2.29 bits per heavy atom. The van der Waals surface area contributed by atoms with Crippen LogP contribution >= 0.6 is 0 Å². The van der Waals surface area contributed by atoms with E-state index in [0.29, 0.717) is 19.3 Å². The second-order valence-corrected chi connectivity index (χ2v) is 5.71. The summed E-state index contributed by atoms with van der Waals surface area (Å²) in [5, 5.41) is 11.8. The smallest absolute Gasteiger partial charge is 0.328 e. The number of ether oxygens (including phenoxy) is 1. The Morgan fingerprint density at radius 1 is 1.24 bits per heavy atom. The molecule has 0 aromatic carbocycles. The Labute approximate surface area is 124 Å². The highest BCUT2D eigenvalue weighted by Crippen LogP contribution is 2.26. The van der Waals surface area contributed by atoms with Crippen molar-refractivity contribution in [3.63, 3.8) is 0 Å². The molecule has 1 rings (SSSR count). The summed E-state index contributed by atoms with van der Waals surface area (Å²) in [5.41, 5.74) is 0. The van der Waals surface area contributed by atoms with E-state index in [1.807, 2.05) is 13.8 Å². The Bertz CT molecular complexity index is 430. The number of nitrogens with one attached hydrogen (secondary N) is 1. The van der Waals surface area contributed by atoms with Crippen LogP contribution in [0.2, 0.25) is 0 Å². The van der Waals surface area contributed by atoms with E-state index in [1.165, 1.54) is 7.11 Å². The molecule has 1 aliphatic rings. The molecule has 21 heavy (non-hydrogen) atoms. The Hall–Kier alpha value is -1.85. The van der Waals surface area contributed by atoms with Gasteiger partial charge in [0.2, 0.25) is 5.91 Å². The third-order valence-electron chi connectivity index (χ3n) is 3.60. The largest absolute Gasteiger partial charge is 0.481 e. The number of methoxy groups -OCH3 is 1. The van der Waals surface area contributed by atoms with E-state index in [1.54, 1.807) is 12.2 Å². The predicted molar refractivity (Wildman–Crippen MR) is 76.4 cm³/mol. The average Bonchev–Trinajstić information content (AvgIpc) is 2.45. The minimum atomic E-state index is -0.988. The molecule has 0 saturated heterocycles. The molecule has 0 bridgehead atoms. The van der Waals surface area contributed by atoms with E-state index in [0.717, 1.165) is 0 Å². The van der Waals surface area contributed by atoms with Crippen LogP contribution in [-0.4, -0.2) is 36.1 Å². The fraction of sp³-hybridized carbons (Fsp3) is 0.667. The maximum absolute atomic E-state index is 12.3. The predicted octanol–water partition coefficient (Wildman–Crippen LogP) is 1.36. The fourth-order valence-electron chi connectivity index (χ4n) is 2.48. The zero-order valence-electron chi connectivity index (χ0n) is 12.7. The molecule has 0 fully saturated rings. The van der Waals surface area contributed by atoms with Crippen LogP contribution in [0, 0.1) is 17.8 Å². The summed E-state index contributed by atoms with van der Waals surface area (Å²) >= 11 is 0. The number of carbonyl (C=O) groups is 3. The highest BCUT2D eigenvalue weighted by Gasteiger charge is 2.35. The molecule has 0 aromatic rings. The normalized spacial score (nSPS) is 22.7. The summed E-state index contributed by atoms with van der Waals surface area (Å²) < 4.78 is 4.69. The molecule has 1 aliphatic carbocycles. The van der Waals surface area contributed by atoms with E-state index in [9.17, 15) is 19.5 Å². The zero-order valence-corrected chi connectivity index (χ0v) is 12.7. The number of amides is 1. The number of rotatable bonds is 6. The Morgan fingerprint density at radius 2 is 1.81 bits per heavy atom. The summed E-state index contributed by atoms with van der Waals surface area (Å²) in [7, 11) is 1.27. The van der Waals surface area contributed by atoms with Gasteiger partial charge in [-0.3, -0.25) is 9.59 Å². The summed E-state index contributed by atoms with van der Waals surface area (Å²) in [6.07, 6.45) is 4.74. The molecular formula is C15H23NO5. The van der Waals surface area contributed by atoms with Crippen molar-refractivity contribution in [2.24, 2.45) is 17.8 Å². The van der Waals surface area contributed by atoms with Crippen LogP contribution in [0.15, 0.2) is 12.2 Å². The number of carboxylic acid groups (broad SMARTS) is 1. The van der Waals surface area contributed by atoms with E-state index in [4.69, 9.17) is 4.74 Å². The van der Waals surface area contributed by atoms with Gasteiger partial charge in [-0.2, -0.15) is 0 Å². The first-order valence-electron chi connectivity index (χ1n) is 7.12. The average molecular weight is 297 g/mol. The van der Waals surface area contributed by atoms with Gasteiger partial charge in [0.05, 0.1) is 18.9 Å². The van der Waals surface area contributed by atoms with Crippen LogP contribution in [-0.2, 0) is 19.1 Å². The monoisotopic (exact) mass is 297 g/mol. The first kappa shape index (κ1) is 17.2. The van der Waals surface area contributed by atoms with Crippen LogP contribution < -0.4 is 5.32 Å². The summed E-state index contributed by atoms with van der Waals surface area (Å²) in [5.74, 6) is -3.08. The van der Waals surface area contributed by atoms with Crippen LogP contribution in [0.1, 0.15) is 33.1 Å². The standard InChI is InChI=1S/C15H23NO5/c1-9(2)8-12(15(20)21-3)16-13(17)10-6-4-5-7-11(10)14(18)19/h4-5,9-12H,6-8H2,1-3H3,(H,16,17)(H,18,19). The maximum atomic E-state index is 12.3. The van der Waals surface area contributed by atoms with E-state index in [-0.39, 0.29) is 5.92 Å². The van der Waals surface area contributed by atoms with E-state index in [2.05, 4.69) is 5.32 Å². The lowest BCUT2D eigenvalue weighted by atomic mass is 9.82. The zero-order chi connectivity index (χ0) is 16.0. The number of hydrogen-bond donors (Lipinski definition) is 2. The van der Waals surface area contributed by atoms with Gasteiger partial charge in [-0.15, -0.1) is 0 Å². The van der Waals surface area contributed by atoms with Crippen molar-refractivity contribution in [1.82, 2.24) is 5.32 Å². The van der Waals surface area contributed by atoms with E-state index >= 15 is 0 Å². The number of carboxylic acids is 1. The van der Waals surface area contributed by atoms with Crippen molar-refractivity contribution in [3.8, 4) is 0 Å². The molecule has 0 aromatic heterocycles. The fourth-order valence-corrected chi connectivity index (χ4v) is 2.48. The second kappa shape index (κ2) is 7.81. The topological polar surface area (TPSA) is 92.7 Å². The SMILES string of the molecule is COC(=O)C(CC(C)C)NC(=O)C1CC=CCC1C(=O)O. The van der Waals surface area contributed by atoms with Gasteiger partial charge < -0.3 is 15.2 Å². The number of aliphatic carboxylic acids is 1. The quantitative estimate of drug-likeness (QED) is 0.570. The molecule has 118 valence electrons. The van der Waals surface area contributed by atoms with Crippen molar-refractivity contribution in [1.29, 1.82) is 0 Å². The molecule has 0 radical (unpaired) electrons. The molecule has 3 atom stereocenters. The highest BCUT2D eigenvalue weighted by atomic mass is 16.5. The maximum Gasteiger partial charge on any atom is 0.328 e. The minimum absolute atomic E-state index is 0.205. The van der Waals surface area contributed by atoms with Crippen molar-refractivity contribution >= 4 is 17.8 Å². The number of hydrogen-bond acceptors (Lipinski definition) is 4. The second-order valence-electron chi connectivity index (χ2n) is 5.71. The van der Waals surface area contributed by atoms with Crippen LogP contribution in [0.25, 0.3) is 0 Å². The molecule has 2 N–H and O–H groups in total. The van der Waals surface area contributed by atoms with Crippen LogP contribution in [0.3, 0.4) is 0 Å². The lowest BCUT2D eigenvalue weighted by Crippen LogP contribution is -2.47. The molecule has 0 heterocycles. The molecule has 6 heteroatoms. The summed E-state index contributed by atoms with van der Waals surface area (Å²) in [4.78, 5) is 35.2. The third-order valence-corrected chi connectivity index (χ3v) is 3.60. The highest BCUT2D eigenvalue weighted by molar-refractivity contribution is 5.89. The van der Waals surface area contributed by atoms with Gasteiger partial charge >= 0.3 is 11.9 Å².